The number of aryl methyl sites for hydroxylation is 1. The van der Waals surface area contributed by atoms with Crippen LogP contribution in [0.2, 0.25) is 0 Å². The van der Waals surface area contributed by atoms with Gasteiger partial charge in [-0.25, -0.2) is 9.78 Å². The molecule has 100 valence electrons. The highest BCUT2D eigenvalue weighted by Gasteiger charge is 2.32. The van der Waals surface area contributed by atoms with E-state index in [1.807, 2.05) is 0 Å². The zero-order valence-electron chi connectivity index (χ0n) is 10.8. The van der Waals surface area contributed by atoms with Crippen molar-refractivity contribution in [1.29, 1.82) is 0 Å². The zero-order chi connectivity index (χ0) is 14.0. The number of carbonyl (C=O) groups excluding carboxylic acids is 1. The summed E-state index contributed by atoms with van der Waals surface area (Å²) in [5.41, 5.74) is 0.766. The van der Waals surface area contributed by atoms with Crippen LogP contribution in [-0.4, -0.2) is 39.5 Å². The molecule has 0 aromatic carbocycles. The minimum absolute atomic E-state index is 0.123. The van der Waals surface area contributed by atoms with E-state index in [9.17, 15) is 9.59 Å². The van der Waals surface area contributed by atoms with Crippen LogP contribution in [0.4, 0.5) is 0 Å². The van der Waals surface area contributed by atoms with Gasteiger partial charge in [-0.15, -0.1) is 6.58 Å². The van der Waals surface area contributed by atoms with Gasteiger partial charge in [-0.2, -0.15) is 0 Å². The first-order valence-electron chi connectivity index (χ1n) is 6.17. The van der Waals surface area contributed by atoms with Crippen molar-refractivity contribution in [2.24, 2.45) is 0 Å². The molecule has 1 fully saturated rings. The van der Waals surface area contributed by atoms with Crippen molar-refractivity contribution in [2.45, 2.75) is 25.8 Å². The summed E-state index contributed by atoms with van der Waals surface area (Å²) in [6.07, 6.45) is 3.70. The summed E-state index contributed by atoms with van der Waals surface area (Å²) in [6.45, 7) is 5.73. The quantitative estimate of drug-likeness (QED) is 0.820. The van der Waals surface area contributed by atoms with E-state index in [0.717, 1.165) is 12.8 Å². The summed E-state index contributed by atoms with van der Waals surface area (Å²) >= 11 is 0. The number of carbonyl (C=O) groups is 2. The predicted molar refractivity (Wildman–Crippen MR) is 70.2 cm³/mol. The third kappa shape index (κ3) is 2.81. The normalized spacial score (nSPS) is 13.9. The average Bonchev–Trinajstić information content (AvgIpc) is 3.18. The van der Waals surface area contributed by atoms with Crippen LogP contribution in [0.3, 0.4) is 0 Å². The molecule has 1 saturated carbocycles. The van der Waals surface area contributed by atoms with Gasteiger partial charge in [0.25, 0.3) is 5.91 Å². The Balaban J connectivity index is 2.25. The van der Waals surface area contributed by atoms with Gasteiger partial charge in [-0.3, -0.25) is 4.79 Å². The smallest absolute Gasteiger partial charge is 0.337 e. The molecule has 5 heteroatoms. The summed E-state index contributed by atoms with van der Waals surface area (Å²) in [4.78, 5) is 29.1. The molecule has 19 heavy (non-hydrogen) atoms. The van der Waals surface area contributed by atoms with Crippen molar-refractivity contribution in [3.63, 3.8) is 0 Å². The van der Waals surface area contributed by atoms with Gasteiger partial charge in [0.1, 0.15) is 5.69 Å². The van der Waals surface area contributed by atoms with Crippen molar-refractivity contribution in [3.05, 3.63) is 41.7 Å². The van der Waals surface area contributed by atoms with Crippen molar-refractivity contribution < 1.29 is 14.7 Å². The Morgan fingerprint density at radius 3 is 2.68 bits per heavy atom. The van der Waals surface area contributed by atoms with Crippen LogP contribution in [0.1, 0.15) is 39.4 Å². The lowest BCUT2D eigenvalue weighted by Crippen LogP contribution is -2.34. The number of hydrogen-bond donors (Lipinski definition) is 1. The first-order chi connectivity index (χ1) is 9.04. The van der Waals surface area contributed by atoms with Crippen molar-refractivity contribution in [3.8, 4) is 0 Å². The van der Waals surface area contributed by atoms with Crippen LogP contribution in [0, 0.1) is 6.92 Å². The highest BCUT2D eigenvalue weighted by Crippen LogP contribution is 2.28. The Bertz CT molecular complexity index is 535. The molecule has 1 aliphatic carbocycles. The number of hydrogen-bond acceptors (Lipinski definition) is 3. The van der Waals surface area contributed by atoms with E-state index in [1.165, 1.54) is 12.1 Å². The Labute approximate surface area is 111 Å². The molecule has 1 aromatic heterocycles. The van der Waals surface area contributed by atoms with Gasteiger partial charge in [0.2, 0.25) is 0 Å². The molecule has 5 nitrogen and oxygen atoms in total. The van der Waals surface area contributed by atoms with Crippen molar-refractivity contribution >= 4 is 11.9 Å². The van der Waals surface area contributed by atoms with Gasteiger partial charge in [0.05, 0.1) is 11.3 Å². The van der Waals surface area contributed by atoms with Crippen LogP contribution in [-0.2, 0) is 0 Å². The summed E-state index contributed by atoms with van der Waals surface area (Å²) in [7, 11) is 0. The molecular formula is C14H16N2O3. The number of rotatable bonds is 5. The molecule has 1 heterocycles. The maximum absolute atomic E-state index is 12.3. The van der Waals surface area contributed by atoms with Crippen molar-refractivity contribution in [2.75, 3.05) is 6.54 Å². The van der Waals surface area contributed by atoms with Crippen LogP contribution < -0.4 is 0 Å². The minimum atomic E-state index is -1.03. The number of carboxylic acids is 1. The van der Waals surface area contributed by atoms with Crippen LogP contribution >= 0.6 is 0 Å². The summed E-state index contributed by atoms with van der Waals surface area (Å²) in [5.74, 6) is -1.20. The van der Waals surface area contributed by atoms with Crippen LogP contribution in [0.15, 0.2) is 24.8 Å². The second kappa shape index (κ2) is 5.22. The maximum Gasteiger partial charge on any atom is 0.337 e. The number of carboxylic acid groups (broad SMARTS) is 1. The third-order valence-corrected chi connectivity index (χ3v) is 3.11. The van der Waals surface area contributed by atoms with E-state index < -0.39 is 5.97 Å². The molecule has 2 rings (SSSR count). The van der Waals surface area contributed by atoms with E-state index in [4.69, 9.17) is 5.11 Å². The molecular weight excluding hydrogens is 244 g/mol. The molecule has 1 amide bonds. The zero-order valence-corrected chi connectivity index (χ0v) is 10.8. The lowest BCUT2D eigenvalue weighted by molar-refractivity contribution is 0.0691. The molecule has 1 aromatic rings. The average molecular weight is 260 g/mol. The van der Waals surface area contributed by atoms with E-state index in [-0.39, 0.29) is 23.2 Å². The molecule has 0 unspecified atom stereocenters. The maximum atomic E-state index is 12.3. The number of amides is 1. The van der Waals surface area contributed by atoms with Gasteiger partial charge in [0.15, 0.2) is 0 Å². The molecule has 0 spiro atoms. The van der Waals surface area contributed by atoms with E-state index in [2.05, 4.69) is 11.6 Å². The van der Waals surface area contributed by atoms with Crippen molar-refractivity contribution in [1.82, 2.24) is 9.88 Å². The van der Waals surface area contributed by atoms with Gasteiger partial charge >= 0.3 is 5.97 Å². The number of aromatic carboxylic acids is 1. The van der Waals surface area contributed by atoms with E-state index in [0.29, 0.717) is 12.2 Å². The summed E-state index contributed by atoms with van der Waals surface area (Å²) in [6, 6.07) is 3.17. The van der Waals surface area contributed by atoms with Gasteiger partial charge in [-0.05, 0) is 31.9 Å². The third-order valence-electron chi connectivity index (χ3n) is 3.11. The SMILES string of the molecule is C=CCN(C(=O)c1ccc(C(=O)O)c(C)n1)C1CC1. The predicted octanol–water partition coefficient (Wildman–Crippen LogP) is 1.88. The Hall–Kier alpha value is -2.17. The van der Waals surface area contributed by atoms with Gasteiger partial charge in [0, 0.05) is 12.6 Å². The second-order valence-corrected chi connectivity index (χ2v) is 4.61. The fourth-order valence-electron chi connectivity index (χ4n) is 1.98. The molecule has 0 atom stereocenters. The monoisotopic (exact) mass is 260 g/mol. The summed E-state index contributed by atoms with van der Waals surface area (Å²) < 4.78 is 0. The van der Waals surface area contributed by atoms with Gasteiger partial charge in [-0.1, -0.05) is 6.08 Å². The Morgan fingerprint density at radius 1 is 1.53 bits per heavy atom. The molecule has 1 N–H and O–H groups in total. The standard InChI is InChI=1S/C14H16N2O3/c1-3-8-16(10-4-5-10)13(17)12-7-6-11(14(18)19)9(2)15-12/h3,6-7,10H,1,4-5,8H2,2H3,(H,18,19). The highest BCUT2D eigenvalue weighted by molar-refractivity contribution is 5.94. The molecule has 0 radical (unpaired) electrons. The Kier molecular flexibility index (Phi) is 3.64. The first kappa shape index (κ1) is 13.3. The van der Waals surface area contributed by atoms with Gasteiger partial charge < -0.3 is 10.0 Å². The Morgan fingerprint density at radius 2 is 2.21 bits per heavy atom. The largest absolute Gasteiger partial charge is 0.478 e. The second-order valence-electron chi connectivity index (χ2n) is 4.61. The highest BCUT2D eigenvalue weighted by atomic mass is 16.4. The number of nitrogens with zero attached hydrogens (tertiary/aromatic N) is 2. The lowest BCUT2D eigenvalue weighted by Gasteiger charge is -2.20. The molecule has 0 aliphatic heterocycles. The number of pyridine rings is 1. The lowest BCUT2D eigenvalue weighted by atomic mass is 10.2. The molecule has 0 saturated heterocycles. The molecule has 1 aliphatic rings. The first-order valence-corrected chi connectivity index (χ1v) is 6.17. The van der Waals surface area contributed by atoms with Crippen LogP contribution in [0.5, 0.6) is 0 Å². The minimum Gasteiger partial charge on any atom is -0.478 e. The number of aromatic nitrogens is 1. The molecule has 0 bridgehead atoms. The summed E-state index contributed by atoms with van der Waals surface area (Å²) in [5, 5.41) is 8.94. The fraction of sp³-hybridized carbons (Fsp3) is 0.357. The van der Waals surface area contributed by atoms with Crippen LogP contribution in [0.25, 0.3) is 0 Å². The fourth-order valence-corrected chi connectivity index (χ4v) is 1.98. The van der Waals surface area contributed by atoms with E-state index >= 15 is 0 Å². The van der Waals surface area contributed by atoms with E-state index in [1.54, 1.807) is 17.9 Å². The topological polar surface area (TPSA) is 70.5 Å².